The molecule has 6 rings (SSSR count). The lowest BCUT2D eigenvalue weighted by atomic mass is 9.84. The van der Waals surface area contributed by atoms with Gasteiger partial charge in [-0.1, -0.05) is 179 Å². The predicted molar refractivity (Wildman–Crippen MR) is 250 cm³/mol. The van der Waals surface area contributed by atoms with Crippen molar-refractivity contribution < 1.29 is 10.9 Å². The molecule has 2 saturated carbocycles. The molecule has 3 unspecified atom stereocenters. The minimum absolute atomic E-state index is 0. The van der Waals surface area contributed by atoms with Crippen LogP contribution in [0.15, 0.2) is 34.9 Å². The van der Waals surface area contributed by atoms with Crippen LogP contribution in [0.25, 0.3) is 0 Å². The molecule has 2 nitrogen and oxygen atoms in total. The lowest BCUT2D eigenvalue weighted by Crippen LogP contribution is -2.27. The topological polar surface area (TPSA) is 18.5 Å². The van der Waals surface area contributed by atoms with E-state index < -0.39 is 0 Å². The monoisotopic (exact) mass is 753 g/mol. The molecule has 0 aromatic heterocycles. The molecule has 1 heterocycles. The minimum atomic E-state index is 0. The zero-order chi connectivity index (χ0) is 35.9. The van der Waals surface area contributed by atoms with Gasteiger partial charge in [0.05, 0.1) is 13.2 Å². The average Bonchev–Trinajstić information content (AvgIpc) is 3.07. The molecule has 53 heavy (non-hydrogen) atoms. The summed E-state index contributed by atoms with van der Waals surface area (Å²) in [7, 11) is 0. The van der Waals surface area contributed by atoms with Gasteiger partial charge in [-0.2, -0.15) is 0 Å². The van der Waals surface area contributed by atoms with Crippen molar-refractivity contribution in [2.45, 2.75) is 236 Å². The molecular formula is C51H108O2. The molecule has 0 bridgehead atoms. The van der Waals surface area contributed by atoms with Crippen LogP contribution < -0.4 is 0 Å². The van der Waals surface area contributed by atoms with E-state index in [1.807, 2.05) is 6.92 Å². The summed E-state index contributed by atoms with van der Waals surface area (Å²) in [6.45, 7) is 28.9. The third-order valence-corrected chi connectivity index (χ3v) is 11.5. The fourth-order valence-corrected chi connectivity index (χ4v) is 6.84. The van der Waals surface area contributed by atoms with Gasteiger partial charge in [-0.3, -0.25) is 0 Å². The van der Waals surface area contributed by atoms with Crippen molar-refractivity contribution in [3.8, 4) is 0 Å². The molecule has 2 heteroatoms. The Balaban J connectivity index is -0.000000125. The summed E-state index contributed by atoms with van der Waals surface area (Å²) in [6.07, 6.45) is 31.1. The number of allylic oxidation sites excluding steroid dienone is 6. The summed E-state index contributed by atoms with van der Waals surface area (Å²) in [5.41, 5.74) is 4.76. The molecular weight excluding hydrogens is 645 g/mol. The van der Waals surface area contributed by atoms with Crippen LogP contribution in [-0.4, -0.2) is 19.5 Å². The van der Waals surface area contributed by atoms with Crippen LogP contribution in [0, 0.1) is 47.3 Å². The van der Waals surface area contributed by atoms with Crippen LogP contribution in [0.1, 0.15) is 231 Å². The summed E-state index contributed by atoms with van der Waals surface area (Å²) in [5.74, 6) is 7.48. The van der Waals surface area contributed by atoms with Crippen LogP contribution >= 0.6 is 0 Å². The largest absolute Gasteiger partial charge is 0.353 e. The molecule has 0 spiro atoms. The van der Waals surface area contributed by atoms with Gasteiger partial charge in [0.1, 0.15) is 0 Å². The first-order chi connectivity index (χ1) is 22.7. The Morgan fingerprint density at radius 3 is 0.736 bits per heavy atom. The molecule has 0 aromatic rings. The van der Waals surface area contributed by atoms with Gasteiger partial charge < -0.3 is 9.47 Å². The van der Waals surface area contributed by atoms with Crippen molar-refractivity contribution in [3.05, 3.63) is 34.9 Å². The lowest BCUT2D eigenvalue weighted by molar-refractivity contribution is -0.187. The maximum atomic E-state index is 5.17. The molecule has 1 saturated heterocycles. The van der Waals surface area contributed by atoms with E-state index >= 15 is 0 Å². The van der Waals surface area contributed by atoms with E-state index in [2.05, 4.69) is 94.4 Å². The molecule has 324 valence electrons. The molecule has 6 aliphatic rings. The van der Waals surface area contributed by atoms with E-state index in [9.17, 15) is 0 Å². The molecule has 0 N–H and O–H groups in total. The van der Waals surface area contributed by atoms with Crippen molar-refractivity contribution in [1.82, 2.24) is 0 Å². The van der Waals surface area contributed by atoms with E-state index in [0.717, 1.165) is 54.6 Å². The maximum Gasteiger partial charge on any atom is 0.154 e. The van der Waals surface area contributed by atoms with Gasteiger partial charge in [-0.15, -0.1) is 0 Å². The van der Waals surface area contributed by atoms with Crippen molar-refractivity contribution in [2.75, 3.05) is 13.2 Å². The highest BCUT2D eigenvalue weighted by Gasteiger charge is 2.15. The second-order valence-corrected chi connectivity index (χ2v) is 17.9. The highest BCUT2D eigenvalue weighted by molar-refractivity contribution is 5.03. The third kappa shape index (κ3) is 35.3. The maximum absolute atomic E-state index is 5.17. The quantitative estimate of drug-likeness (QED) is 0.229. The van der Waals surface area contributed by atoms with Crippen molar-refractivity contribution in [3.63, 3.8) is 0 Å². The Morgan fingerprint density at radius 2 is 0.585 bits per heavy atom. The summed E-state index contributed by atoms with van der Waals surface area (Å²) in [4.78, 5) is 0. The second kappa shape index (κ2) is 36.8. The van der Waals surface area contributed by atoms with Crippen molar-refractivity contribution in [2.24, 2.45) is 47.3 Å². The molecule has 1 aliphatic heterocycles. The van der Waals surface area contributed by atoms with Crippen molar-refractivity contribution in [1.29, 1.82) is 0 Å². The fourth-order valence-electron chi connectivity index (χ4n) is 6.84. The van der Waals surface area contributed by atoms with E-state index in [1.165, 1.54) is 109 Å². The van der Waals surface area contributed by atoms with Gasteiger partial charge in [0.2, 0.25) is 0 Å². The zero-order valence-electron chi connectivity index (χ0n) is 34.7. The standard InChI is InChI=1S/2C8H16.3C8H14.C6H12O2.5CH4.H2/c5*1-7-3-5-8(2)6-4-7;1-5-3-7-6(2)8-4-5;;;;;;/h2*7-8H,3-6H2,1-2H3;3*3,8H,4-6H2,1-2H3;5-6H,3-4H2,1-2H3;5*1H4;1H. The second-order valence-electron chi connectivity index (χ2n) is 17.9. The highest BCUT2D eigenvalue weighted by Crippen LogP contribution is 2.28. The Labute approximate surface area is 341 Å². The first-order valence-corrected chi connectivity index (χ1v) is 20.9. The minimum Gasteiger partial charge on any atom is -0.353 e. The molecule has 0 amide bonds. The molecule has 3 atom stereocenters. The van der Waals surface area contributed by atoms with Crippen LogP contribution in [0.4, 0.5) is 0 Å². The number of rotatable bonds is 0. The van der Waals surface area contributed by atoms with Gasteiger partial charge in [-0.05, 0) is 127 Å². The van der Waals surface area contributed by atoms with Crippen molar-refractivity contribution >= 4 is 0 Å². The zero-order valence-corrected chi connectivity index (χ0v) is 34.7. The molecule has 0 radical (unpaired) electrons. The van der Waals surface area contributed by atoms with Gasteiger partial charge >= 0.3 is 0 Å². The smallest absolute Gasteiger partial charge is 0.154 e. The van der Waals surface area contributed by atoms with E-state index in [0.29, 0.717) is 5.92 Å². The Hall–Kier alpha value is -0.860. The van der Waals surface area contributed by atoms with Crippen LogP contribution in [0.2, 0.25) is 0 Å². The molecule has 5 aliphatic carbocycles. The molecule has 0 aromatic carbocycles. The Kier molecular flexibility index (Phi) is 42.6. The fraction of sp³-hybridized carbons (Fsp3) is 0.882. The SMILES string of the molecule is C.C.C.C.C.CC1=CCC(C)CC1.CC1=CCC(C)CC1.CC1=CCC(C)CC1.CC1CCC(C)CC1.CC1CCC(C)CC1.CC1COC(C)OC1.[HH]. The van der Waals surface area contributed by atoms with Gasteiger partial charge in [0.25, 0.3) is 0 Å². The lowest BCUT2D eigenvalue weighted by Gasteiger charge is -2.24. The first kappa shape index (κ1) is 61.4. The van der Waals surface area contributed by atoms with Crippen LogP contribution in [-0.2, 0) is 9.47 Å². The Bertz CT molecular complexity index is 722. The number of hydrogen-bond acceptors (Lipinski definition) is 2. The van der Waals surface area contributed by atoms with Gasteiger partial charge in [0, 0.05) is 7.34 Å². The Morgan fingerprint density at radius 1 is 0.358 bits per heavy atom. The van der Waals surface area contributed by atoms with Crippen LogP contribution in [0.3, 0.4) is 0 Å². The first-order valence-electron chi connectivity index (χ1n) is 20.9. The van der Waals surface area contributed by atoms with Gasteiger partial charge in [0.15, 0.2) is 6.29 Å². The summed E-state index contributed by atoms with van der Waals surface area (Å²) in [5, 5.41) is 0. The average molecular weight is 753 g/mol. The predicted octanol–water partition coefficient (Wildman–Crippen LogP) is 18.4. The summed E-state index contributed by atoms with van der Waals surface area (Å²) >= 11 is 0. The molecule has 3 fully saturated rings. The van der Waals surface area contributed by atoms with E-state index in [-0.39, 0.29) is 44.8 Å². The third-order valence-electron chi connectivity index (χ3n) is 11.5. The van der Waals surface area contributed by atoms with E-state index in [1.54, 1.807) is 16.7 Å². The number of ether oxygens (including phenoxy) is 2. The normalized spacial score (nSPS) is 31.5. The van der Waals surface area contributed by atoms with Gasteiger partial charge in [-0.25, -0.2) is 0 Å². The summed E-state index contributed by atoms with van der Waals surface area (Å²) in [6, 6.07) is 0. The highest BCUT2D eigenvalue weighted by atomic mass is 16.7. The van der Waals surface area contributed by atoms with Crippen LogP contribution in [0.5, 0.6) is 0 Å². The van der Waals surface area contributed by atoms with E-state index in [4.69, 9.17) is 9.47 Å². The number of hydrogen-bond donors (Lipinski definition) is 0. The summed E-state index contributed by atoms with van der Waals surface area (Å²) < 4.78 is 10.3.